The molecule has 0 radical (unpaired) electrons. The van der Waals surface area contributed by atoms with Gasteiger partial charge < -0.3 is 15.3 Å². The molecule has 2 unspecified atom stereocenters. The van der Waals surface area contributed by atoms with Crippen molar-refractivity contribution in [3.05, 3.63) is 12.2 Å². The molecule has 24 heavy (non-hydrogen) atoms. The lowest BCUT2D eigenvalue weighted by Gasteiger charge is -2.66. The van der Waals surface area contributed by atoms with Gasteiger partial charge in [-0.25, -0.2) is 0 Å². The number of aliphatic hydroxyl groups excluding tert-OH is 3. The molecule has 9 rings (SSSR count). The molecule has 9 fully saturated rings. The van der Waals surface area contributed by atoms with Gasteiger partial charge in [-0.2, -0.15) is 0 Å². The third-order valence-corrected chi connectivity index (χ3v) is 10.3. The lowest BCUT2D eigenvalue weighted by atomic mass is 9.39. The van der Waals surface area contributed by atoms with Crippen molar-refractivity contribution < 1.29 is 15.3 Å². The fourth-order valence-corrected chi connectivity index (χ4v) is 10.5. The zero-order valence-electron chi connectivity index (χ0n) is 14.2. The summed E-state index contributed by atoms with van der Waals surface area (Å²) in [7, 11) is 0. The summed E-state index contributed by atoms with van der Waals surface area (Å²) in [5.74, 6) is 0.744. The molecule has 2 spiro atoms. The van der Waals surface area contributed by atoms with Crippen LogP contribution in [0.25, 0.3) is 0 Å². The van der Waals surface area contributed by atoms with Crippen LogP contribution in [0.15, 0.2) is 12.2 Å². The smallest absolute Gasteiger partial charge is 0.0679 e. The Balaban J connectivity index is 1.56. The van der Waals surface area contributed by atoms with E-state index in [4.69, 9.17) is 0 Å². The van der Waals surface area contributed by atoms with E-state index in [-0.39, 0.29) is 40.7 Å². The second-order valence-electron chi connectivity index (χ2n) is 10.7. The molecule has 4 nitrogen and oxygen atoms in total. The van der Waals surface area contributed by atoms with Gasteiger partial charge in [-0.05, 0) is 42.4 Å². The summed E-state index contributed by atoms with van der Waals surface area (Å²) in [6.45, 7) is 7.80. The molecule has 0 aromatic heterocycles. The predicted octanol–water partition coefficient (Wildman–Crippen LogP) is 0.764. The van der Waals surface area contributed by atoms with Crippen molar-refractivity contribution in [2.75, 3.05) is 6.54 Å². The molecular weight excluding hydrogens is 302 g/mol. The number of rotatable bonds is 0. The van der Waals surface area contributed by atoms with Gasteiger partial charge in [0, 0.05) is 41.8 Å². The van der Waals surface area contributed by atoms with Crippen molar-refractivity contribution in [2.45, 2.75) is 63.0 Å². The van der Waals surface area contributed by atoms with Gasteiger partial charge in [-0.3, -0.25) is 4.90 Å². The van der Waals surface area contributed by atoms with Gasteiger partial charge in [0.05, 0.1) is 18.3 Å². The summed E-state index contributed by atoms with van der Waals surface area (Å²) in [6, 6.07) is 0.849. The molecule has 4 heteroatoms. The first kappa shape index (κ1) is 13.7. The van der Waals surface area contributed by atoms with E-state index >= 15 is 0 Å². The van der Waals surface area contributed by atoms with Gasteiger partial charge in [-0.1, -0.05) is 19.1 Å². The summed E-state index contributed by atoms with van der Waals surface area (Å²) < 4.78 is 0. The molecule has 0 aromatic rings. The van der Waals surface area contributed by atoms with E-state index in [1.165, 1.54) is 0 Å². The minimum Gasteiger partial charge on any atom is -0.392 e. The van der Waals surface area contributed by atoms with E-state index in [9.17, 15) is 15.3 Å². The van der Waals surface area contributed by atoms with Gasteiger partial charge in [0.25, 0.3) is 0 Å². The van der Waals surface area contributed by atoms with Crippen molar-refractivity contribution in [1.29, 1.82) is 0 Å². The van der Waals surface area contributed by atoms with Gasteiger partial charge in [0.2, 0.25) is 0 Å². The highest BCUT2D eigenvalue weighted by Gasteiger charge is 2.91. The predicted molar refractivity (Wildman–Crippen MR) is 86.8 cm³/mol. The number of aliphatic hydroxyl groups is 3. The molecule has 9 bridgehead atoms. The molecular formula is C20H27NO3. The SMILES string of the molecule is C=C1C[C@@]23C[C@H]4[C@@H]5[C@@]6(C)CC[C@@H](O)[C@@]57[C@@H]2C(O)[C@@H]1[C@H](O)[C@@H]3[C@H]7N4C6. The number of nitrogens with zero attached hydrogens (tertiary/aromatic N) is 1. The third kappa shape index (κ3) is 0.941. The van der Waals surface area contributed by atoms with Gasteiger partial charge >= 0.3 is 0 Å². The summed E-state index contributed by atoms with van der Waals surface area (Å²) in [6.07, 6.45) is 2.77. The monoisotopic (exact) mass is 329 g/mol. The van der Waals surface area contributed by atoms with Crippen molar-refractivity contribution >= 4 is 0 Å². The number of hydrogen-bond acceptors (Lipinski definition) is 4. The Labute approximate surface area is 142 Å². The van der Waals surface area contributed by atoms with E-state index in [0.717, 1.165) is 37.8 Å². The molecule has 6 saturated carbocycles. The molecule has 6 aliphatic carbocycles. The van der Waals surface area contributed by atoms with Crippen LogP contribution in [0.4, 0.5) is 0 Å². The largest absolute Gasteiger partial charge is 0.392 e. The van der Waals surface area contributed by atoms with Crippen LogP contribution >= 0.6 is 0 Å². The van der Waals surface area contributed by atoms with Crippen LogP contribution in [0, 0.1) is 39.9 Å². The highest BCUT2D eigenvalue weighted by atomic mass is 16.3. The van der Waals surface area contributed by atoms with E-state index in [1.54, 1.807) is 0 Å². The lowest BCUT2D eigenvalue weighted by Crippen LogP contribution is -2.68. The molecule has 0 aromatic carbocycles. The molecule has 3 heterocycles. The Morgan fingerprint density at radius 3 is 2.75 bits per heavy atom. The van der Waals surface area contributed by atoms with Crippen LogP contribution in [-0.2, 0) is 0 Å². The summed E-state index contributed by atoms with van der Waals surface area (Å²) in [5.41, 5.74) is 1.18. The van der Waals surface area contributed by atoms with Crippen molar-refractivity contribution in [1.82, 2.24) is 4.90 Å². The van der Waals surface area contributed by atoms with Gasteiger partial charge in [0.1, 0.15) is 0 Å². The summed E-state index contributed by atoms with van der Waals surface area (Å²) in [4.78, 5) is 2.68. The van der Waals surface area contributed by atoms with Crippen LogP contribution in [-0.4, -0.2) is 57.2 Å². The maximum absolute atomic E-state index is 11.3. The third-order valence-electron chi connectivity index (χ3n) is 10.3. The second-order valence-corrected chi connectivity index (χ2v) is 10.7. The average Bonchev–Trinajstić information content (AvgIpc) is 2.95. The van der Waals surface area contributed by atoms with E-state index in [0.29, 0.717) is 17.4 Å². The van der Waals surface area contributed by atoms with Crippen LogP contribution < -0.4 is 0 Å². The Bertz CT molecular complexity index is 709. The molecule has 13 atom stereocenters. The van der Waals surface area contributed by atoms with E-state index in [1.807, 2.05) is 0 Å². The van der Waals surface area contributed by atoms with Crippen LogP contribution in [0.1, 0.15) is 32.6 Å². The van der Waals surface area contributed by atoms with Crippen molar-refractivity contribution in [3.63, 3.8) is 0 Å². The zero-order chi connectivity index (χ0) is 16.4. The average molecular weight is 329 g/mol. The van der Waals surface area contributed by atoms with E-state index < -0.39 is 12.2 Å². The Morgan fingerprint density at radius 2 is 1.96 bits per heavy atom. The fraction of sp³-hybridized carbons (Fsp3) is 0.900. The van der Waals surface area contributed by atoms with Crippen molar-refractivity contribution in [3.8, 4) is 0 Å². The molecule has 130 valence electrons. The zero-order valence-corrected chi connectivity index (χ0v) is 14.2. The topological polar surface area (TPSA) is 63.9 Å². The first-order valence-electron chi connectivity index (χ1n) is 9.85. The molecule has 3 N–H and O–H groups in total. The summed E-state index contributed by atoms with van der Waals surface area (Å²) in [5, 5.41) is 33.9. The standard InChI is InChI=1S/C20H27NO3/c1-8-5-19-6-9-15-18(2)4-3-10(22)20(15)16(19)14(24)11(8)13(23)12(19)17(20)21(9)7-18/h9-17,22-24H,1,3-7H2,2H3/t9-,10+,11-,12+,13-,14?,15+,16+,17+,18-,19-,20-/m0/s1. The lowest BCUT2D eigenvalue weighted by molar-refractivity contribution is -0.225. The Kier molecular flexibility index (Phi) is 1.95. The Morgan fingerprint density at radius 1 is 1.17 bits per heavy atom. The maximum atomic E-state index is 11.3. The van der Waals surface area contributed by atoms with Crippen LogP contribution in [0.2, 0.25) is 0 Å². The molecule has 9 aliphatic rings. The minimum atomic E-state index is -0.513. The van der Waals surface area contributed by atoms with Crippen LogP contribution in [0.5, 0.6) is 0 Å². The first-order valence-corrected chi connectivity index (χ1v) is 9.85. The highest BCUT2D eigenvalue weighted by molar-refractivity contribution is 5.44. The van der Waals surface area contributed by atoms with E-state index in [2.05, 4.69) is 18.4 Å². The van der Waals surface area contributed by atoms with Gasteiger partial charge in [0.15, 0.2) is 0 Å². The summed E-state index contributed by atoms with van der Waals surface area (Å²) >= 11 is 0. The maximum Gasteiger partial charge on any atom is 0.0679 e. The Hall–Kier alpha value is -0.420. The normalized spacial score (nSPS) is 76.1. The highest BCUT2D eigenvalue weighted by Crippen LogP contribution is 2.86. The number of hydrogen-bond donors (Lipinski definition) is 3. The fourth-order valence-electron chi connectivity index (χ4n) is 10.5. The molecule has 3 aliphatic heterocycles. The second kappa shape index (κ2) is 3.40. The molecule has 0 amide bonds. The minimum absolute atomic E-state index is 0.00340. The van der Waals surface area contributed by atoms with Gasteiger partial charge in [-0.15, -0.1) is 0 Å². The molecule has 3 saturated heterocycles. The first-order chi connectivity index (χ1) is 11.4. The van der Waals surface area contributed by atoms with Crippen molar-refractivity contribution in [2.24, 2.45) is 39.9 Å². The number of fused-ring (bicyclic) bond motifs is 1. The van der Waals surface area contributed by atoms with Crippen LogP contribution in [0.3, 0.4) is 0 Å². The quantitative estimate of drug-likeness (QED) is 0.574. The number of piperidine rings is 2.